The maximum atomic E-state index is 11.5. The number of carboxylic acids is 1. The van der Waals surface area contributed by atoms with Crippen molar-refractivity contribution in [2.45, 2.75) is 13.0 Å². The van der Waals surface area contributed by atoms with Crippen LogP contribution in [0.1, 0.15) is 18.5 Å². The number of nitro benzene ring substituents is 1. The van der Waals surface area contributed by atoms with Gasteiger partial charge in [0.1, 0.15) is 6.04 Å². The first kappa shape index (κ1) is 15.0. The van der Waals surface area contributed by atoms with E-state index in [1.165, 1.54) is 30.0 Å². The van der Waals surface area contributed by atoms with Gasteiger partial charge in [0.05, 0.1) is 10.5 Å². The summed E-state index contributed by atoms with van der Waals surface area (Å²) in [6.45, 7) is 1.65. The third-order valence-electron chi connectivity index (χ3n) is 3.04. The SMILES string of the molecule is CSC1=NC(c2cccc([N+](=O)[O-])c2)C(C(=O)O)=C(C)N1. The molecule has 8 heteroatoms. The van der Waals surface area contributed by atoms with Crippen molar-refractivity contribution in [3.63, 3.8) is 0 Å². The second-order valence-corrected chi connectivity index (χ2v) is 5.16. The van der Waals surface area contributed by atoms with E-state index in [0.717, 1.165) is 0 Å². The van der Waals surface area contributed by atoms with E-state index in [0.29, 0.717) is 16.4 Å². The van der Waals surface area contributed by atoms with Crippen LogP contribution in [-0.4, -0.2) is 27.4 Å². The van der Waals surface area contributed by atoms with Gasteiger partial charge in [0.2, 0.25) is 0 Å². The topological polar surface area (TPSA) is 105 Å². The fraction of sp³-hybridized carbons (Fsp3) is 0.231. The maximum Gasteiger partial charge on any atom is 0.335 e. The van der Waals surface area contributed by atoms with E-state index in [9.17, 15) is 20.0 Å². The van der Waals surface area contributed by atoms with Crippen LogP contribution in [0, 0.1) is 10.1 Å². The van der Waals surface area contributed by atoms with Crippen LogP contribution < -0.4 is 5.32 Å². The number of nitro groups is 1. The van der Waals surface area contributed by atoms with E-state index in [2.05, 4.69) is 10.3 Å². The highest BCUT2D eigenvalue weighted by Gasteiger charge is 2.29. The Labute approximate surface area is 124 Å². The Balaban J connectivity index is 2.54. The Morgan fingerprint density at radius 3 is 2.81 bits per heavy atom. The van der Waals surface area contributed by atoms with E-state index >= 15 is 0 Å². The van der Waals surface area contributed by atoms with Gasteiger partial charge in [-0.2, -0.15) is 0 Å². The number of carbonyl (C=O) groups is 1. The molecule has 1 aromatic carbocycles. The molecule has 0 amide bonds. The molecule has 0 aromatic heterocycles. The second-order valence-electron chi connectivity index (χ2n) is 4.36. The summed E-state index contributed by atoms with van der Waals surface area (Å²) in [5.41, 5.74) is 0.968. The van der Waals surface area contributed by atoms with E-state index < -0.39 is 16.9 Å². The van der Waals surface area contributed by atoms with Crippen molar-refractivity contribution in [3.8, 4) is 0 Å². The number of aliphatic carboxylic acids is 1. The number of carboxylic acid groups (broad SMARTS) is 1. The third-order valence-corrected chi connectivity index (χ3v) is 3.63. The monoisotopic (exact) mass is 307 g/mol. The fourth-order valence-corrected chi connectivity index (χ4v) is 2.54. The molecular formula is C13H13N3O4S. The van der Waals surface area contributed by atoms with Gasteiger partial charge in [-0.15, -0.1) is 0 Å². The van der Waals surface area contributed by atoms with Gasteiger partial charge in [-0.3, -0.25) is 10.1 Å². The van der Waals surface area contributed by atoms with Crippen molar-refractivity contribution in [2.75, 3.05) is 6.26 Å². The number of hydrogen-bond acceptors (Lipinski definition) is 6. The van der Waals surface area contributed by atoms with Gasteiger partial charge in [-0.1, -0.05) is 23.9 Å². The largest absolute Gasteiger partial charge is 0.478 e. The van der Waals surface area contributed by atoms with E-state index in [4.69, 9.17) is 0 Å². The Morgan fingerprint density at radius 1 is 1.52 bits per heavy atom. The molecule has 1 atom stereocenters. The van der Waals surface area contributed by atoms with Crippen molar-refractivity contribution < 1.29 is 14.8 Å². The lowest BCUT2D eigenvalue weighted by molar-refractivity contribution is -0.384. The number of hydrogen-bond donors (Lipinski definition) is 2. The number of nitrogens with zero attached hydrogens (tertiary/aromatic N) is 2. The van der Waals surface area contributed by atoms with E-state index in [1.54, 1.807) is 13.0 Å². The molecule has 110 valence electrons. The molecule has 7 nitrogen and oxygen atoms in total. The lowest BCUT2D eigenvalue weighted by Gasteiger charge is -2.24. The zero-order chi connectivity index (χ0) is 15.6. The lowest BCUT2D eigenvalue weighted by Crippen LogP contribution is -2.29. The summed E-state index contributed by atoms with van der Waals surface area (Å²) in [6.07, 6.45) is 1.81. The number of non-ortho nitro benzene ring substituents is 1. The zero-order valence-electron chi connectivity index (χ0n) is 11.4. The van der Waals surface area contributed by atoms with Crippen LogP contribution in [0.15, 0.2) is 40.5 Å². The van der Waals surface area contributed by atoms with E-state index in [1.807, 2.05) is 6.26 Å². The van der Waals surface area contributed by atoms with Crippen molar-refractivity contribution >= 4 is 28.6 Å². The molecule has 0 spiro atoms. The molecule has 0 bridgehead atoms. The number of rotatable bonds is 3. The summed E-state index contributed by atoms with van der Waals surface area (Å²) in [7, 11) is 0. The van der Waals surface area contributed by atoms with Crippen LogP contribution in [0.4, 0.5) is 5.69 Å². The molecule has 1 aromatic rings. The number of thioether (sulfide) groups is 1. The van der Waals surface area contributed by atoms with Gasteiger partial charge in [-0.25, -0.2) is 9.79 Å². The average molecular weight is 307 g/mol. The Bertz CT molecular complexity index is 669. The lowest BCUT2D eigenvalue weighted by atomic mass is 9.96. The molecule has 1 heterocycles. The van der Waals surface area contributed by atoms with Gasteiger partial charge in [0.15, 0.2) is 5.17 Å². The van der Waals surface area contributed by atoms with Gasteiger partial charge in [-0.05, 0) is 18.7 Å². The molecule has 0 fully saturated rings. The fourth-order valence-electron chi connectivity index (χ4n) is 2.08. The number of amidine groups is 1. The van der Waals surface area contributed by atoms with Gasteiger partial charge in [0.25, 0.3) is 5.69 Å². The summed E-state index contributed by atoms with van der Waals surface area (Å²) >= 11 is 1.35. The van der Waals surface area contributed by atoms with Crippen LogP contribution in [-0.2, 0) is 4.79 Å². The molecule has 2 rings (SSSR count). The van der Waals surface area contributed by atoms with Crippen LogP contribution in [0.3, 0.4) is 0 Å². The van der Waals surface area contributed by atoms with Gasteiger partial charge >= 0.3 is 5.97 Å². The second kappa shape index (κ2) is 5.96. The van der Waals surface area contributed by atoms with Crippen molar-refractivity contribution in [2.24, 2.45) is 4.99 Å². The van der Waals surface area contributed by atoms with Crippen LogP contribution >= 0.6 is 11.8 Å². The molecule has 1 aliphatic heterocycles. The first-order valence-electron chi connectivity index (χ1n) is 6.01. The van der Waals surface area contributed by atoms with Crippen LogP contribution in [0.25, 0.3) is 0 Å². The number of benzene rings is 1. The zero-order valence-corrected chi connectivity index (χ0v) is 12.2. The molecule has 1 unspecified atom stereocenters. The molecule has 2 N–H and O–H groups in total. The Hall–Kier alpha value is -2.35. The molecule has 1 aliphatic rings. The molecule has 21 heavy (non-hydrogen) atoms. The predicted octanol–water partition coefficient (Wildman–Crippen LogP) is 2.32. The maximum absolute atomic E-state index is 11.5. The van der Waals surface area contributed by atoms with Crippen LogP contribution in [0.5, 0.6) is 0 Å². The third kappa shape index (κ3) is 3.05. The van der Waals surface area contributed by atoms with Crippen molar-refractivity contribution in [1.82, 2.24) is 5.32 Å². The summed E-state index contributed by atoms with van der Waals surface area (Å²) in [6, 6.07) is 5.12. The minimum atomic E-state index is -1.10. The summed E-state index contributed by atoms with van der Waals surface area (Å²) in [4.78, 5) is 26.1. The molecular weight excluding hydrogens is 294 g/mol. The molecule has 0 saturated heterocycles. The highest BCUT2D eigenvalue weighted by molar-refractivity contribution is 8.13. The van der Waals surface area contributed by atoms with Gasteiger partial charge < -0.3 is 10.4 Å². The highest BCUT2D eigenvalue weighted by Crippen LogP contribution is 2.33. The van der Waals surface area contributed by atoms with Crippen LogP contribution in [0.2, 0.25) is 0 Å². The molecule has 0 radical (unpaired) electrons. The number of nitrogens with one attached hydrogen (secondary N) is 1. The standard InChI is InChI=1S/C13H13N3O4S/c1-7-10(12(17)18)11(15-13(14-7)21-2)8-4-3-5-9(6-8)16(19)20/h3-6,11H,1-2H3,(H,14,15)(H,17,18). The first-order valence-corrected chi connectivity index (χ1v) is 7.23. The number of aliphatic imine (C=N–C) groups is 1. The molecule has 0 saturated carbocycles. The minimum Gasteiger partial charge on any atom is -0.478 e. The molecule has 0 aliphatic carbocycles. The minimum absolute atomic E-state index is 0.0886. The average Bonchev–Trinajstić information content (AvgIpc) is 2.45. The smallest absolute Gasteiger partial charge is 0.335 e. The van der Waals surface area contributed by atoms with Crippen molar-refractivity contribution in [3.05, 3.63) is 51.2 Å². The quantitative estimate of drug-likeness (QED) is 0.656. The Kier molecular flexibility index (Phi) is 4.27. The Morgan fingerprint density at radius 2 is 2.24 bits per heavy atom. The normalized spacial score (nSPS) is 18.0. The van der Waals surface area contributed by atoms with E-state index in [-0.39, 0.29) is 11.3 Å². The van der Waals surface area contributed by atoms with Gasteiger partial charge in [0, 0.05) is 17.8 Å². The summed E-state index contributed by atoms with van der Waals surface area (Å²) in [5.74, 6) is -1.10. The first-order chi connectivity index (χ1) is 9.93. The summed E-state index contributed by atoms with van der Waals surface area (Å²) in [5, 5.41) is 23.7. The summed E-state index contributed by atoms with van der Waals surface area (Å²) < 4.78 is 0. The van der Waals surface area contributed by atoms with Crippen molar-refractivity contribution in [1.29, 1.82) is 0 Å². The number of allylic oxidation sites excluding steroid dienone is 1. The highest BCUT2D eigenvalue weighted by atomic mass is 32.2. The predicted molar refractivity (Wildman–Crippen MR) is 80.3 cm³/mol.